The second-order valence-electron chi connectivity index (χ2n) is 4.56. The van der Waals surface area contributed by atoms with Crippen LogP contribution >= 0.6 is 0 Å². The number of nitrogens with one attached hydrogen (secondary N) is 1. The van der Waals surface area contributed by atoms with E-state index in [0.29, 0.717) is 0 Å². The maximum absolute atomic E-state index is 12.3. The van der Waals surface area contributed by atoms with E-state index in [-0.39, 0.29) is 6.03 Å². The summed E-state index contributed by atoms with van der Waals surface area (Å²) < 4.78 is 0. The summed E-state index contributed by atoms with van der Waals surface area (Å²) in [7, 11) is 0. The van der Waals surface area contributed by atoms with Gasteiger partial charge in [-0.05, 0) is 36.6 Å². The summed E-state index contributed by atoms with van der Waals surface area (Å²) in [6.45, 7) is 0.753. The van der Waals surface area contributed by atoms with Gasteiger partial charge in [-0.15, -0.1) is 0 Å². The fourth-order valence-electron chi connectivity index (χ4n) is 2.37. The molecule has 1 aliphatic rings. The molecule has 1 aromatic heterocycles. The molecule has 4 heteroatoms. The van der Waals surface area contributed by atoms with Gasteiger partial charge in [-0.25, -0.2) is 4.79 Å². The number of hydrogen-bond donors (Lipinski definition) is 1. The number of anilines is 2. The lowest BCUT2D eigenvalue weighted by Crippen LogP contribution is -2.38. The van der Waals surface area contributed by atoms with Crippen LogP contribution in [0.1, 0.15) is 12.0 Å². The molecule has 19 heavy (non-hydrogen) atoms. The number of pyridine rings is 1. The number of amides is 2. The van der Waals surface area contributed by atoms with Gasteiger partial charge in [0.15, 0.2) is 0 Å². The summed E-state index contributed by atoms with van der Waals surface area (Å²) in [5, 5.41) is 2.88. The molecule has 96 valence electrons. The topological polar surface area (TPSA) is 45.2 Å². The molecule has 2 aromatic rings. The van der Waals surface area contributed by atoms with Gasteiger partial charge < -0.3 is 5.32 Å². The monoisotopic (exact) mass is 253 g/mol. The average molecular weight is 253 g/mol. The number of rotatable bonds is 1. The van der Waals surface area contributed by atoms with Crippen LogP contribution in [0.2, 0.25) is 0 Å². The zero-order valence-corrected chi connectivity index (χ0v) is 10.5. The first-order chi connectivity index (χ1) is 9.34. The van der Waals surface area contributed by atoms with Crippen molar-refractivity contribution in [3.05, 3.63) is 54.4 Å². The van der Waals surface area contributed by atoms with Crippen LogP contribution < -0.4 is 10.2 Å². The zero-order valence-electron chi connectivity index (χ0n) is 10.5. The molecule has 2 amide bonds. The van der Waals surface area contributed by atoms with Crippen molar-refractivity contribution >= 4 is 17.4 Å². The number of benzene rings is 1. The second-order valence-corrected chi connectivity index (χ2v) is 4.56. The Bertz CT molecular complexity index is 583. The van der Waals surface area contributed by atoms with E-state index in [1.807, 2.05) is 24.3 Å². The molecule has 0 aliphatic carbocycles. The predicted molar refractivity (Wildman–Crippen MR) is 75.4 cm³/mol. The second kappa shape index (κ2) is 5.10. The fourth-order valence-corrected chi connectivity index (χ4v) is 2.37. The summed E-state index contributed by atoms with van der Waals surface area (Å²) in [6.07, 6.45) is 5.37. The minimum atomic E-state index is -0.0971. The van der Waals surface area contributed by atoms with Gasteiger partial charge >= 0.3 is 6.03 Å². The van der Waals surface area contributed by atoms with Crippen molar-refractivity contribution in [2.24, 2.45) is 0 Å². The van der Waals surface area contributed by atoms with Gasteiger partial charge in [-0.3, -0.25) is 9.88 Å². The van der Waals surface area contributed by atoms with Gasteiger partial charge in [0.1, 0.15) is 0 Å². The van der Waals surface area contributed by atoms with Crippen LogP contribution in [0, 0.1) is 0 Å². The van der Waals surface area contributed by atoms with Crippen LogP contribution in [0.5, 0.6) is 0 Å². The molecule has 2 heterocycles. The van der Waals surface area contributed by atoms with Crippen LogP contribution in [0.25, 0.3) is 0 Å². The molecule has 0 saturated heterocycles. The molecular weight excluding hydrogens is 238 g/mol. The summed E-state index contributed by atoms with van der Waals surface area (Å²) >= 11 is 0. The molecule has 4 nitrogen and oxygen atoms in total. The number of fused-ring (bicyclic) bond motifs is 1. The molecular formula is C15H15N3O. The van der Waals surface area contributed by atoms with Crippen LogP contribution in [-0.4, -0.2) is 17.6 Å². The van der Waals surface area contributed by atoms with E-state index in [9.17, 15) is 4.79 Å². The predicted octanol–water partition coefficient (Wildman–Crippen LogP) is 3.07. The Hall–Kier alpha value is -2.36. The Kier molecular flexibility index (Phi) is 3.14. The molecule has 0 fully saturated rings. The number of nitrogens with zero attached hydrogens (tertiary/aromatic N) is 2. The van der Waals surface area contributed by atoms with E-state index < -0.39 is 0 Å². The maximum atomic E-state index is 12.3. The molecule has 0 unspecified atom stereocenters. The van der Waals surface area contributed by atoms with Crippen molar-refractivity contribution in [1.82, 2.24) is 4.98 Å². The van der Waals surface area contributed by atoms with Crippen LogP contribution in [-0.2, 0) is 6.42 Å². The number of aryl methyl sites for hydroxylation is 1. The summed E-state index contributed by atoms with van der Waals surface area (Å²) in [5.74, 6) is 0. The highest BCUT2D eigenvalue weighted by molar-refractivity contribution is 6.02. The summed E-state index contributed by atoms with van der Waals surface area (Å²) in [6, 6.07) is 11.6. The molecule has 1 N–H and O–H groups in total. The SMILES string of the molecule is O=C(Nc1cccnc1)N1CCCc2ccccc21. The highest BCUT2D eigenvalue weighted by atomic mass is 16.2. The summed E-state index contributed by atoms with van der Waals surface area (Å²) in [4.78, 5) is 18.1. The minimum absolute atomic E-state index is 0.0971. The Labute approximate surface area is 112 Å². The Morgan fingerprint density at radius 1 is 1.21 bits per heavy atom. The third-order valence-electron chi connectivity index (χ3n) is 3.27. The van der Waals surface area contributed by atoms with Gasteiger partial charge in [-0.1, -0.05) is 18.2 Å². The lowest BCUT2D eigenvalue weighted by molar-refractivity contribution is 0.256. The normalized spacial score (nSPS) is 13.8. The largest absolute Gasteiger partial charge is 0.326 e. The lowest BCUT2D eigenvalue weighted by atomic mass is 10.0. The highest BCUT2D eigenvalue weighted by Gasteiger charge is 2.21. The van der Waals surface area contributed by atoms with E-state index in [1.54, 1.807) is 23.4 Å². The van der Waals surface area contributed by atoms with Crippen molar-refractivity contribution in [2.45, 2.75) is 12.8 Å². The van der Waals surface area contributed by atoms with E-state index in [2.05, 4.69) is 16.4 Å². The van der Waals surface area contributed by atoms with Crippen molar-refractivity contribution in [3.63, 3.8) is 0 Å². The number of para-hydroxylation sites is 1. The first-order valence-electron chi connectivity index (χ1n) is 6.41. The van der Waals surface area contributed by atoms with E-state index in [4.69, 9.17) is 0 Å². The number of aromatic nitrogens is 1. The molecule has 0 spiro atoms. The van der Waals surface area contributed by atoms with Gasteiger partial charge in [-0.2, -0.15) is 0 Å². The fraction of sp³-hybridized carbons (Fsp3) is 0.200. The van der Waals surface area contributed by atoms with Gasteiger partial charge in [0.2, 0.25) is 0 Å². The van der Waals surface area contributed by atoms with Crippen molar-refractivity contribution < 1.29 is 4.79 Å². The average Bonchev–Trinajstić information content (AvgIpc) is 2.47. The number of hydrogen-bond acceptors (Lipinski definition) is 2. The summed E-state index contributed by atoms with van der Waals surface area (Å²) in [5.41, 5.74) is 2.96. The maximum Gasteiger partial charge on any atom is 0.326 e. The molecule has 0 saturated carbocycles. The van der Waals surface area contributed by atoms with Crippen LogP contribution in [0.4, 0.5) is 16.2 Å². The first kappa shape index (κ1) is 11.7. The van der Waals surface area contributed by atoms with Gasteiger partial charge in [0.05, 0.1) is 11.9 Å². The molecule has 1 aromatic carbocycles. The molecule has 0 atom stereocenters. The molecule has 0 bridgehead atoms. The molecule has 3 rings (SSSR count). The van der Waals surface area contributed by atoms with Crippen molar-refractivity contribution in [3.8, 4) is 0 Å². The quantitative estimate of drug-likeness (QED) is 0.849. The van der Waals surface area contributed by atoms with Crippen molar-refractivity contribution in [2.75, 3.05) is 16.8 Å². The Morgan fingerprint density at radius 3 is 2.95 bits per heavy atom. The van der Waals surface area contributed by atoms with Crippen molar-refractivity contribution in [1.29, 1.82) is 0 Å². The molecule has 1 aliphatic heterocycles. The van der Waals surface area contributed by atoms with Gasteiger partial charge in [0.25, 0.3) is 0 Å². The standard InChI is InChI=1S/C15H15N3O/c19-15(17-13-7-3-9-16-11-13)18-10-4-6-12-5-1-2-8-14(12)18/h1-3,5,7-9,11H,4,6,10H2,(H,17,19). The lowest BCUT2D eigenvalue weighted by Gasteiger charge is -2.29. The third kappa shape index (κ3) is 2.42. The minimum Gasteiger partial charge on any atom is -0.306 e. The number of carbonyl (C=O) groups is 1. The van der Waals surface area contributed by atoms with Gasteiger partial charge in [0, 0.05) is 18.4 Å². The Balaban J connectivity index is 1.82. The van der Waals surface area contributed by atoms with E-state index in [0.717, 1.165) is 30.8 Å². The van der Waals surface area contributed by atoms with E-state index >= 15 is 0 Å². The Morgan fingerprint density at radius 2 is 2.11 bits per heavy atom. The highest BCUT2D eigenvalue weighted by Crippen LogP contribution is 2.27. The first-order valence-corrected chi connectivity index (χ1v) is 6.41. The number of carbonyl (C=O) groups excluding carboxylic acids is 1. The third-order valence-corrected chi connectivity index (χ3v) is 3.27. The molecule has 0 radical (unpaired) electrons. The smallest absolute Gasteiger partial charge is 0.306 e. The van der Waals surface area contributed by atoms with E-state index in [1.165, 1.54) is 5.56 Å². The zero-order chi connectivity index (χ0) is 13.1. The van der Waals surface area contributed by atoms with Crippen LogP contribution in [0.3, 0.4) is 0 Å². The number of urea groups is 1. The van der Waals surface area contributed by atoms with Crippen LogP contribution in [0.15, 0.2) is 48.8 Å².